The fourth-order valence-electron chi connectivity index (χ4n) is 3.91. The van der Waals surface area contributed by atoms with Crippen LogP contribution >= 0.6 is 23.2 Å². The number of aromatic amines is 1. The summed E-state index contributed by atoms with van der Waals surface area (Å²) in [6.07, 6.45) is 21.7. The zero-order valence-corrected chi connectivity index (χ0v) is 20.9. The summed E-state index contributed by atoms with van der Waals surface area (Å²) < 4.78 is 0. The highest BCUT2D eigenvalue weighted by atomic mass is 35.5. The molecule has 1 aliphatic rings. The predicted octanol–water partition coefficient (Wildman–Crippen LogP) is 7.40. The molecule has 0 saturated carbocycles. The summed E-state index contributed by atoms with van der Waals surface area (Å²) in [5.74, 6) is 0.337. The van der Waals surface area contributed by atoms with E-state index in [1.54, 1.807) is 12.1 Å². The van der Waals surface area contributed by atoms with Crippen molar-refractivity contribution in [2.24, 2.45) is 0 Å². The van der Waals surface area contributed by atoms with Crippen molar-refractivity contribution in [2.45, 2.75) is 64.3 Å². The maximum atomic E-state index is 12.6. The van der Waals surface area contributed by atoms with E-state index in [0.29, 0.717) is 40.2 Å². The number of rotatable bonds is 11. The second-order valence-corrected chi connectivity index (χ2v) is 9.25. The monoisotopic (exact) mass is 498 g/mol. The molecule has 2 aromatic rings. The number of benzene rings is 1. The smallest absolute Gasteiger partial charge is 0.256 e. The van der Waals surface area contributed by atoms with Gasteiger partial charge in [-0.15, -0.1) is 0 Å². The Balaban J connectivity index is 1.47. The second kappa shape index (κ2) is 13.9. The maximum absolute atomic E-state index is 12.6. The van der Waals surface area contributed by atoms with Gasteiger partial charge in [-0.05, 0) is 62.6 Å². The Bertz CT molecular complexity index is 1120. The minimum absolute atomic E-state index is 0.195. The molecule has 0 spiro atoms. The van der Waals surface area contributed by atoms with E-state index in [4.69, 9.17) is 28.6 Å². The Hall–Kier alpha value is -2.63. The van der Waals surface area contributed by atoms with Crippen molar-refractivity contribution in [3.63, 3.8) is 0 Å². The summed E-state index contributed by atoms with van der Waals surface area (Å²) in [5.41, 5.74) is 3.12. The highest BCUT2D eigenvalue weighted by Crippen LogP contribution is 2.23. The van der Waals surface area contributed by atoms with Gasteiger partial charge in [-0.25, -0.2) is 4.98 Å². The third kappa shape index (κ3) is 8.30. The molecule has 0 amide bonds. The summed E-state index contributed by atoms with van der Waals surface area (Å²) in [6.45, 7) is 0.429. The number of unbranched alkanes of at least 4 members (excludes halogenated alkanes) is 3. The van der Waals surface area contributed by atoms with Crippen LogP contribution < -0.4 is 10.9 Å². The van der Waals surface area contributed by atoms with Gasteiger partial charge in [-0.2, -0.15) is 0 Å². The molecule has 0 radical (unpaired) electrons. The van der Waals surface area contributed by atoms with Crippen molar-refractivity contribution in [2.75, 3.05) is 5.32 Å². The molecule has 0 bridgehead atoms. The van der Waals surface area contributed by atoms with E-state index < -0.39 is 0 Å². The van der Waals surface area contributed by atoms with Gasteiger partial charge in [0.05, 0.1) is 15.7 Å². The summed E-state index contributed by atoms with van der Waals surface area (Å²) in [6, 6.07) is 5.35. The number of nitrogens with one attached hydrogen (secondary N) is 3. The van der Waals surface area contributed by atoms with E-state index in [0.717, 1.165) is 56.7 Å². The zero-order chi connectivity index (χ0) is 24.2. The number of anilines is 1. The van der Waals surface area contributed by atoms with Gasteiger partial charge in [0.1, 0.15) is 0 Å². The molecule has 0 aliphatic heterocycles. The van der Waals surface area contributed by atoms with Gasteiger partial charge in [0.2, 0.25) is 5.95 Å². The Kier molecular flexibility index (Phi) is 10.6. The Morgan fingerprint density at radius 2 is 1.88 bits per heavy atom. The Morgan fingerprint density at radius 1 is 1.06 bits per heavy atom. The van der Waals surface area contributed by atoms with Crippen molar-refractivity contribution in [1.82, 2.24) is 9.97 Å². The molecule has 1 heterocycles. The molecule has 180 valence electrons. The molecule has 3 rings (SSSR count). The lowest BCUT2D eigenvalue weighted by atomic mass is 10.0. The summed E-state index contributed by atoms with van der Waals surface area (Å²) >= 11 is 12.0. The number of hydrogen-bond acceptors (Lipinski definition) is 4. The first-order chi connectivity index (χ1) is 16.6. The number of H-pyrrole nitrogens is 1. The highest BCUT2D eigenvalue weighted by molar-refractivity contribution is 6.42. The zero-order valence-electron chi connectivity index (χ0n) is 19.4. The molecule has 5 nitrogen and oxygen atoms in total. The average Bonchev–Trinajstić information content (AvgIpc) is 2.96. The van der Waals surface area contributed by atoms with Crippen LogP contribution in [0.2, 0.25) is 10.0 Å². The van der Waals surface area contributed by atoms with Gasteiger partial charge in [0.15, 0.2) is 0 Å². The maximum Gasteiger partial charge on any atom is 0.256 e. The molecule has 0 atom stereocenters. The lowest BCUT2D eigenvalue weighted by molar-refractivity contribution is 0.637. The minimum Gasteiger partial charge on any atom is -0.352 e. The molecule has 34 heavy (non-hydrogen) atoms. The van der Waals surface area contributed by atoms with E-state index in [2.05, 4.69) is 45.7 Å². The van der Waals surface area contributed by atoms with Crippen LogP contribution in [0.1, 0.15) is 68.2 Å². The molecule has 1 aromatic heterocycles. The van der Waals surface area contributed by atoms with Gasteiger partial charge in [-0.1, -0.05) is 78.1 Å². The van der Waals surface area contributed by atoms with Crippen LogP contribution in [-0.4, -0.2) is 16.2 Å². The summed E-state index contributed by atoms with van der Waals surface area (Å²) in [7, 11) is 0. The van der Waals surface area contributed by atoms with Crippen LogP contribution in [0.15, 0.2) is 58.9 Å². The summed E-state index contributed by atoms with van der Waals surface area (Å²) in [4.78, 5) is 19.9. The molecular formula is C27H32Cl2N4O. The molecule has 3 N–H and O–H groups in total. The van der Waals surface area contributed by atoms with Crippen molar-refractivity contribution in [3.8, 4) is 0 Å². The standard InChI is InChI=1S/C27H32Cl2N4O/c28-23-16-15-21(17-24(23)29)19-31-27-32-25(18-30)22(26(34)33-27)14-10-6-5-9-13-20-11-7-3-1-2-4-8-12-20/h1,3,7,11-12,15-18,30H,2,4-6,8-10,13-14,19H2,(H2,31,32,33,34)/b3-1+,11-7-,20-12+,30-18?. The van der Waals surface area contributed by atoms with Crippen molar-refractivity contribution in [3.05, 3.63) is 91.4 Å². The van der Waals surface area contributed by atoms with E-state index in [-0.39, 0.29) is 5.56 Å². The van der Waals surface area contributed by atoms with Crippen molar-refractivity contribution < 1.29 is 0 Å². The van der Waals surface area contributed by atoms with Crippen LogP contribution in [0.4, 0.5) is 5.95 Å². The van der Waals surface area contributed by atoms with Crippen LogP contribution in [0.3, 0.4) is 0 Å². The lowest BCUT2D eigenvalue weighted by Crippen LogP contribution is -2.20. The Morgan fingerprint density at radius 3 is 2.68 bits per heavy atom. The summed E-state index contributed by atoms with van der Waals surface area (Å²) in [5, 5.41) is 11.8. The first-order valence-corrected chi connectivity index (χ1v) is 12.7. The normalized spacial score (nSPS) is 17.1. The first-order valence-electron chi connectivity index (χ1n) is 11.9. The van der Waals surface area contributed by atoms with Crippen LogP contribution in [0, 0.1) is 5.41 Å². The average molecular weight is 499 g/mol. The third-order valence-electron chi connectivity index (χ3n) is 5.81. The van der Waals surface area contributed by atoms with E-state index in [1.165, 1.54) is 12.0 Å². The minimum atomic E-state index is -0.195. The molecule has 0 saturated heterocycles. The SMILES string of the molecule is N=Cc1nc(NCc2ccc(Cl)c(Cl)c2)[nH]c(=O)c1CCCCCCC1=C/CCC/C=C/C=C\1. The number of nitrogens with zero attached hydrogens (tertiary/aromatic N) is 1. The fourth-order valence-corrected chi connectivity index (χ4v) is 4.23. The number of allylic oxidation sites excluding steroid dienone is 6. The molecule has 0 unspecified atom stereocenters. The van der Waals surface area contributed by atoms with E-state index >= 15 is 0 Å². The Labute approximate surface area is 211 Å². The van der Waals surface area contributed by atoms with Gasteiger partial charge in [0, 0.05) is 18.3 Å². The molecule has 0 fully saturated rings. The van der Waals surface area contributed by atoms with Gasteiger partial charge < -0.3 is 10.7 Å². The fraction of sp³-hybridized carbons (Fsp3) is 0.370. The van der Waals surface area contributed by atoms with E-state index in [1.807, 2.05) is 6.07 Å². The number of hydrogen-bond donors (Lipinski definition) is 3. The third-order valence-corrected chi connectivity index (χ3v) is 6.55. The molecule has 1 aromatic carbocycles. The molecule has 7 heteroatoms. The second-order valence-electron chi connectivity index (χ2n) is 8.44. The lowest BCUT2D eigenvalue weighted by Gasteiger charge is -2.10. The van der Waals surface area contributed by atoms with Crippen LogP contribution in [0.25, 0.3) is 0 Å². The van der Waals surface area contributed by atoms with Crippen molar-refractivity contribution in [1.29, 1.82) is 5.41 Å². The van der Waals surface area contributed by atoms with Crippen molar-refractivity contribution >= 4 is 35.4 Å². The van der Waals surface area contributed by atoms with E-state index in [9.17, 15) is 4.79 Å². The quantitative estimate of drug-likeness (QED) is 0.223. The van der Waals surface area contributed by atoms with Crippen LogP contribution in [0.5, 0.6) is 0 Å². The molecule has 1 aliphatic carbocycles. The number of halogens is 2. The predicted molar refractivity (Wildman–Crippen MR) is 144 cm³/mol. The number of aromatic nitrogens is 2. The van der Waals surface area contributed by atoms with Gasteiger partial charge in [-0.3, -0.25) is 9.78 Å². The van der Waals surface area contributed by atoms with Crippen LogP contribution in [-0.2, 0) is 13.0 Å². The van der Waals surface area contributed by atoms with Gasteiger partial charge in [0.25, 0.3) is 5.56 Å². The first kappa shape index (κ1) is 26.0. The topological polar surface area (TPSA) is 81.6 Å². The largest absolute Gasteiger partial charge is 0.352 e. The highest BCUT2D eigenvalue weighted by Gasteiger charge is 2.10. The molecular weight excluding hydrogens is 467 g/mol. The van der Waals surface area contributed by atoms with Gasteiger partial charge >= 0.3 is 0 Å².